The summed E-state index contributed by atoms with van der Waals surface area (Å²) in [6.07, 6.45) is 1.71. The smallest absolute Gasteiger partial charge is 0.306 e. The fourth-order valence-corrected chi connectivity index (χ4v) is 2.86. The number of nitro groups is 1. The van der Waals surface area contributed by atoms with E-state index in [0.717, 1.165) is 18.2 Å². The first-order chi connectivity index (χ1) is 10.9. The minimum atomic E-state index is -1.41. The van der Waals surface area contributed by atoms with Gasteiger partial charge < -0.3 is 20.0 Å². The summed E-state index contributed by atoms with van der Waals surface area (Å²) < 4.78 is 18.6. The summed E-state index contributed by atoms with van der Waals surface area (Å²) in [5.41, 5.74) is -0.796. The Hall–Kier alpha value is -2.81. The van der Waals surface area contributed by atoms with Crippen LogP contribution in [0.1, 0.15) is 0 Å². The first-order valence-corrected chi connectivity index (χ1v) is 6.68. The van der Waals surface area contributed by atoms with Crippen molar-refractivity contribution in [3.8, 4) is 0 Å². The molecule has 2 aliphatic heterocycles. The van der Waals surface area contributed by atoms with E-state index in [1.54, 1.807) is 12.2 Å². The number of carbonyl (C=O) groups excluding carboxylic acids is 2. The third-order valence-corrected chi connectivity index (χ3v) is 3.88. The van der Waals surface area contributed by atoms with E-state index in [-0.39, 0.29) is 5.69 Å². The highest BCUT2D eigenvalue weighted by molar-refractivity contribution is 5.96. The summed E-state index contributed by atoms with van der Waals surface area (Å²) in [5.74, 6) is -5.28. The maximum Gasteiger partial charge on any atom is 0.306 e. The molecule has 1 aromatic rings. The van der Waals surface area contributed by atoms with Crippen LogP contribution in [-0.4, -0.2) is 29.0 Å². The van der Waals surface area contributed by atoms with Gasteiger partial charge in [-0.2, -0.15) is 4.39 Å². The summed E-state index contributed by atoms with van der Waals surface area (Å²) in [5, 5.41) is 24.3. The molecule has 2 bridgehead atoms. The van der Waals surface area contributed by atoms with Crippen molar-refractivity contribution in [3.63, 3.8) is 0 Å². The van der Waals surface area contributed by atoms with Crippen LogP contribution in [0.5, 0.6) is 0 Å². The molecule has 0 aliphatic carbocycles. The lowest BCUT2D eigenvalue weighted by atomic mass is 9.82. The summed E-state index contributed by atoms with van der Waals surface area (Å²) in [6, 6.07) is 2.87. The number of carboxylic acids is 1. The third kappa shape index (κ3) is 2.55. The molecule has 120 valence electrons. The number of halogens is 1. The van der Waals surface area contributed by atoms with Crippen molar-refractivity contribution in [1.82, 2.24) is 0 Å². The number of nitrogens with zero attached hydrogens (tertiary/aromatic N) is 1. The van der Waals surface area contributed by atoms with Gasteiger partial charge in [0.25, 0.3) is 0 Å². The predicted octanol–water partition coefficient (Wildman–Crippen LogP) is -0.00810. The second kappa shape index (κ2) is 5.43. The van der Waals surface area contributed by atoms with Gasteiger partial charge in [-0.05, 0) is 12.1 Å². The van der Waals surface area contributed by atoms with E-state index in [9.17, 15) is 29.2 Å². The number of anilines is 1. The molecular weight excluding hydrogens is 311 g/mol. The van der Waals surface area contributed by atoms with Crippen molar-refractivity contribution in [3.05, 3.63) is 46.3 Å². The van der Waals surface area contributed by atoms with Crippen molar-refractivity contribution in [1.29, 1.82) is 0 Å². The van der Waals surface area contributed by atoms with E-state index in [0.29, 0.717) is 0 Å². The number of ether oxygens (including phenoxy) is 1. The average Bonchev–Trinajstić information content (AvgIpc) is 3.09. The largest absolute Gasteiger partial charge is 0.550 e. The van der Waals surface area contributed by atoms with Crippen LogP contribution in [0.4, 0.5) is 15.8 Å². The Labute approximate surface area is 128 Å². The minimum absolute atomic E-state index is 0.00745. The number of benzene rings is 1. The quantitative estimate of drug-likeness (QED) is 0.473. The number of carbonyl (C=O) groups is 2. The van der Waals surface area contributed by atoms with Crippen LogP contribution in [-0.2, 0) is 14.3 Å². The number of hydrogen-bond acceptors (Lipinski definition) is 6. The van der Waals surface area contributed by atoms with Crippen LogP contribution in [0, 0.1) is 27.8 Å². The number of amides is 1. The molecule has 0 aromatic heterocycles. The highest BCUT2D eigenvalue weighted by atomic mass is 19.1. The maximum atomic E-state index is 13.3. The highest BCUT2D eigenvalue weighted by Crippen LogP contribution is 2.39. The standard InChI is InChI=1S/C14H11FN2O6/c15-7-2-1-6(5-8(7)17(21)22)16-13(18)11-9-3-4-10(23-9)12(11)14(19)20/h1-5,9-12H,(H,16,18)(H,19,20)/p-1. The summed E-state index contributed by atoms with van der Waals surface area (Å²) in [6.45, 7) is 0. The van der Waals surface area contributed by atoms with Crippen LogP contribution < -0.4 is 10.4 Å². The molecule has 1 aromatic carbocycles. The number of rotatable bonds is 4. The molecule has 0 spiro atoms. The monoisotopic (exact) mass is 321 g/mol. The topological polar surface area (TPSA) is 122 Å². The van der Waals surface area contributed by atoms with Crippen LogP contribution in [0.25, 0.3) is 0 Å². The van der Waals surface area contributed by atoms with Crippen molar-refractivity contribution < 1.29 is 28.7 Å². The van der Waals surface area contributed by atoms with Crippen molar-refractivity contribution in [2.24, 2.45) is 11.8 Å². The zero-order valence-corrected chi connectivity index (χ0v) is 11.5. The lowest BCUT2D eigenvalue weighted by molar-refractivity contribution is -0.387. The number of hydrogen-bond donors (Lipinski definition) is 1. The van der Waals surface area contributed by atoms with E-state index in [4.69, 9.17) is 4.74 Å². The van der Waals surface area contributed by atoms with Crippen LogP contribution in [0.15, 0.2) is 30.4 Å². The van der Waals surface area contributed by atoms with E-state index >= 15 is 0 Å². The van der Waals surface area contributed by atoms with Gasteiger partial charge in [-0.15, -0.1) is 0 Å². The van der Waals surface area contributed by atoms with Crippen LogP contribution in [0.2, 0.25) is 0 Å². The molecule has 1 saturated heterocycles. The minimum Gasteiger partial charge on any atom is -0.550 e. The fraction of sp³-hybridized carbons (Fsp3) is 0.286. The molecule has 0 saturated carbocycles. The van der Waals surface area contributed by atoms with Crippen LogP contribution in [0.3, 0.4) is 0 Å². The summed E-state index contributed by atoms with van der Waals surface area (Å²) in [4.78, 5) is 33.3. The molecule has 8 nitrogen and oxygen atoms in total. The van der Waals surface area contributed by atoms with Gasteiger partial charge in [0.2, 0.25) is 11.7 Å². The molecular formula is C14H10FN2O6-. The SMILES string of the molecule is O=C([O-])C1C2C=CC(O2)C1C(=O)Nc1ccc(F)c([N+](=O)[O-])c1. The maximum absolute atomic E-state index is 13.3. The van der Waals surface area contributed by atoms with E-state index < -0.39 is 52.3 Å². The van der Waals surface area contributed by atoms with Gasteiger partial charge in [0, 0.05) is 23.6 Å². The highest BCUT2D eigenvalue weighted by Gasteiger charge is 2.50. The molecule has 1 fully saturated rings. The molecule has 9 heteroatoms. The van der Waals surface area contributed by atoms with Crippen molar-refractivity contribution in [2.75, 3.05) is 5.32 Å². The van der Waals surface area contributed by atoms with Gasteiger partial charge in [0.1, 0.15) is 0 Å². The zero-order valence-electron chi connectivity index (χ0n) is 11.5. The molecule has 23 heavy (non-hydrogen) atoms. The number of nitro benzene ring substituents is 1. The fourth-order valence-electron chi connectivity index (χ4n) is 2.86. The second-order valence-corrected chi connectivity index (χ2v) is 5.23. The number of nitrogens with one attached hydrogen (secondary N) is 1. The second-order valence-electron chi connectivity index (χ2n) is 5.23. The first kappa shape index (κ1) is 15.1. The molecule has 2 aliphatic rings. The third-order valence-electron chi connectivity index (χ3n) is 3.88. The summed E-state index contributed by atoms with van der Waals surface area (Å²) >= 11 is 0. The average molecular weight is 321 g/mol. The Balaban J connectivity index is 1.82. The van der Waals surface area contributed by atoms with Crippen molar-refractivity contribution >= 4 is 23.3 Å². The van der Waals surface area contributed by atoms with Gasteiger partial charge in [0.05, 0.1) is 23.0 Å². The van der Waals surface area contributed by atoms with Crippen LogP contribution >= 0.6 is 0 Å². The molecule has 0 radical (unpaired) electrons. The Bertz CT molecular complexity index is 734. The van der Waals surface area contributed by atoms with Gasteiger partial charge in [0.15, 0.2) is 0 Å². The van der Waals surface area contributed by atoms with E-state index in [1.807, 2.05) is 0 Å². The lowest BCUT2D eigenvalue weighted by Crippen LogP contribution is -2.45. The number of aliphatic carboxylic acids is 1. The molecule has 4 unspecified atom stereocenters. The number of fused-ring (bicyclic) bond motifs is 2. The predicted molar refractivity (Wildman–Crippen MR) is 71.5 cm³/mol. The van der Waals surface area contributed by atoms with Gasteiger partial charge >= 0.3 is 5.69 Å². The van der Waals surface area contributed by atoms with E-state index in [2.05, 4.69) is 5.32 Å². The summed E-state index contributed by atoms with van der Waals surface area (Å²) in [7, 11) is 0. The normalized spacial score (nSPS) is 27.9. The van der Waals surface area contributed by atoms with Crippen molar-refractivity contribution in [2.45, 2.75) is 12.2 Å². The molecule has 1 amide bonds. The molecule has 3 rings (SSSR count). The Morgan fingerprint density at radius 3 is 2.48 bits per heavy atom. The molecule has 4 atom stereocenters. The first-order valence-electron chi connectivity index (χ1n) is 6.68. The Morgan fingerprint density at radius 2 is 1.87 bits per heavy atom. The van der Waals surface area contributed by atoms with Gasteiger partial charge in [-0.25, -0.2) is 0 Å². The zero-order chi connectivity index (χ0) is 16.7. The lowest BCUT2D eigenvalue weighted by Gasteiger charge is -2.24. The number of carboxylic acid groups (broad SMARTS) is 1. The molecule has 2 heterocycles. The Morgan fingerprint density at radius 1 is 1.22 bits per heavy atom. The van der Waals surface area contributed by atoms with Gasteiger partial charge in [-0.3, -0.25) is 14.9 Å². The Kier molecular flexibility index (Phi) is 3.57. The van der Waals surface area contributed by atoms with E-state index in [1.165, 1.54) is 0 Å². The molecule has 1 N–H and O–H groups in total. The van der Waals surface area contributed by atoms with Gasteiger partial charge in [-0.1, -0.05) is 12.2 Å².